The van der Waals surface area contributed by atoms with Gasteiger partial charge in [0.2, 0.25) is 10.0 Å². The fourth-order valence-corrected chi connectivity index (χ4v) is 3.18. The van der Waals surface area contributed by atoms with E-state index in [2.05, 4.69) is 35.4 Å². The van der Waals surface area contributed by atoms with Crippen LogP contribution < -0.4 is 10.5 Å². The smallest absolute Gasteiger partial charge is 0.242 e. The Bertz CT molecular complexity index is 617. The van der Waals surface area contributed by atoms with Crippen LogP contribution in [0.4, 0.5) is 0 Å². The van der Waals surface area contributed by atoms with Gasteiger partial charge < -0.3 is 5.73 Å². The summed E-state index contributed by atoms with van der Waals surface area (Å²) >= 11 is 0. The third-order valence-corrected chi connectivity index (χ3v) is 4.72. The Balaban J connectivity index is 2.87. The zero-order valence-electron chi connectivity index (χ0n) is 12.8. The van der Waals surface area contributed by atoms with Crippen LogP contribution in [0.5, 0.6) is 0 Å². The minimum Gasteiger partial charge on any atom is -0.320 e. The van der Waals surface area contributed by atoms with E-state index in [9.17, 15) is 8.42 Å². The molecule has 0 aliphatic carbocycles. The molecule has 1 aromatic heterocycles. The molecule has 5 nitrogen and oxygen atoms in total. The molecule has 116 valence electrons. The summed E-state index contributed by atoms with van der Waals surface area (Å²) in [5, 5.41) is 0. The summed E-state index contributed by atoms with van der Waals surface area (Å²) in [6, 6.07) is 1.39. The maximum absolute atomic E-state index is 12.3. The van der Waals surface area contributed by atoms with Crippen molar-refractivity contribution < 1.29 is 8.42 Å². The standard InChI is InChI=1S/C15H23N3O2S/c1-4-12(2)8-13(3)18-21(19,20)15-9-14(6-5-7-16)10-17-11-15/h9-13,18H,4,7-8,16H2,1-3H3. The molecule has 6 heteroatoms. The van der Waals surface area contributed by atoms with Gasteiger partial charge in [0, 0.05) is 24.0 Å². The van der Waals surface area contributed by atoms with Crippen molar-refractivity contribution in [2.24, 2.45) is 11.7 Å². The number of sulfonamides is 1. The molecule has 1 rings (SSSR count). The van der Waals surface area contributed by atoms with Crippen LogP contribution in [0.2, 0.25) is 0 Å². The third kappa shape index (κ3) is 5.84. The summed E-state index contributed by atoms with van der Waals surface area (Å²) in [6.45, 7) is 6.29. The predicted octanol–water partition coefficient (Wildman–Crippen LogP) is 1.49. The van der Waals surface area contributed by atoms with Gasteiger partial charge in [0.25, 0.3) is 0 Å². The summed E-state index contributed by atoms with van der Waals surface area (Å²) in [6.07, 6.45) is 4.67. The average molecular weight is 309 g/mol. The SMILES string of the molecule is CCC(C)CC(C)NS(=O)(=O)c1cncc(C#CCN)c1. The van der Waals surface area contributed by atoms with Crippen molar-refractivity contribution in [2.75, 3.05) is 6.54 Å². The Morgan fingerprint density at radius 2 is 2.10 bits per heavy atom. The van der Waals surface area contributed by atoms with Gasteiger partial charge in [-0.2, -0.15) is 0 Å². The molecule has 0 aliphatic heterocycles. The Labute approximate surface area is 127 Å². The Morgan fingerprint density at radius 1 is 1.38 bits per heavy atom. The molecule has 0 radical (unpaired) electrons. The molecule has 0 fully saturated rings. The second-order valence-electron chi connectivity index (χ2n) is 5.19. The summed E-state index contributed by atoms with van der Waals surface area (Å²) in [4.78, 5) is 4.05. The van der Waals surface area contributed by atoms with Crippen LogP contribution in [-0.2, 0) is 10.0 Å². The van der Waals surface area contributed by atoms with Crippen molar-refractivity contribution >= 4 is 10.0 Å². The van der Waals surface area contributed by atoms with Gasteiger partial charge in [-0.15, -0.1) is 0 Å². The fraction of sp³-hybridized carbons (Fsp3) is 0.533. The van der Waals surface area contributed by atoms with Gasteiger partial charge in [0.15, 0.2) is 0 Å². The van der Waals surface area contributed by atoms with Gasteiger partial charge in [-0.25, -0.2) is 13.1 Å². The lowest BCUT2D eigenvalue weighted by Gasteiger charge is -2.17. The van der Waals surface area contributed by atoms with Gasteiger partial charge in [-0.1, -0.05) is 32.1 Å². The molecule has 0 amide bonds. The van der Waals surface area contributed by atoms with Crippen molar-refractivity contribution in [1.29, 1.82) is 0 Å². The van der Waals surface area contributed by atoms with Crippen molar-refractivity contribution in [3.8, 4) is 11.8 Å². The molecule has 3 N–H and O–H groups in total. The number of nitrogens with zero attached hydrogens (tertiary/aromatic N) is 1. The van der Waals surface area contributed by atoms with Gasteiger partial charge in [0.1, 0.15) is 4.90 Å². The molecule has 1 heterocycles. The summed E-state index contributed by atoms with van der Waals surface area (Å²) < 4.78 is 27.3. The van der Waals surface area contributed by atoms with E-state index in [1.165, 1.54) is 18.5 Å². The van der Waals surface area contributed by atoms with E-state index < -0.39 is 10.0 Å². The van der Waals surface area contributed by atoms with E-state index in [-0.39, 0.29) is 17.5 Å². The quantitative estimate of drug-likeness (QED) is 0.780. The predicted molar refractivity (Wildman–Crippen MR) is 84.0 cm³/mol. The highest BCUT2D eigenvalue weighted by atomic mass is 32.2. The maximum atomic E-state index is 12.3. The lowest BCUT2D eigenvalue weighted by Crippen LogP contribution is -2.33. The maximum Gasteiger partial charge on any atom is 0.242 e. The summed E-state index contributed by atoms with van der Waals surface area (Å²) in [5.74, 6) is 5.94. The normalized spacial score (nSPS) is 14.1. The average Bonchev–Trinajstić information content (AvgIpc) is 2.44. The van der Waals surface area contributed by atoms with Crippen LogP contribution in [0.15, 0.2) is 23.4 Å². The minimum absolute atomic E-state index is 0.122. The van der Waals surface area contributed by atoms with E-state index >= 15 is 0 Å². The largest absolute Gasteiger partial charge is 0.320 e. The van der Waals surface area contributed by atoms with Gasteiger partial charge in [0.05, 0.1) is 6.54 Å². The van der Waals surface area contributed by atoms with Crippen molar-refractivity contribution in [3.05, 3.63) is 24.0 Å². The number of pyridine rings is 1. The Kier molecular flexibility index (Phi) is 6.82. The first-order valence-corrected chi connectivity index (χ1v) is 8.53. The van der Waals surface area contributed by atoms with Crippen molar-refractivity contribution in [2.45, 2.75) is 44.6 Å². The molecule has 1 aromatic rings. The summed E-state index contributed by atoms with van der Waals surface area (Å²) in [5.41, 5.74) is 5.84. The zero-order chi connectivity index (χ0) is 15.9. The molecule has 0 spiro atoms. The number of nitrogens with one attached hydrogen (secondary N) is 1. The van der Waals surface area contributed by atoms with Crippen molar-refractivity contribution in [3.63, 3.8) is 0 Å². The number of aromatic nitrogens is 1. The second kappa shape index (κ2) is 8.13. The first-order valence-electron chi connectivity index (χ1n) is 7.05. The number of rotatable bonds is 6. The topological polar surface area (TPSA) is 85.1 Å². The molecule has 2 unspecified atom stereocenters. The highest BCUT2D eigenvalue weighted by Crippen LogP contribution is 2.14. The molecule has 21 heavy (non-hydrogen) atoms. The van der Waals surface area contributed by atoms with Crippen LogP contribution in [0.3, 0.4) is 0 Å². The molecule has 2 atom stereocenters. The fourth-order valence-electron chi connectivity index (χ4n) is 1.94. The molecule has 0 bridgehead atoms. The van der Waals surface area contributed by atoms with Crippen LogP contribution >= 0.6 is 0 Å². The molecule has 0 aromatic carbocycles. The van der Waals surface area contributed by atoms with Crippen LogP contribution in [0.25, 0.3) is 0 Å². The molecule has 0 saturated carbocycles. The highest BCUT2D eigenvalue weighted by Gasteiger charge is 2.19. The second-order valence-corrected chi connectivity index (χ2v) is 6.90. The van der Waals surface area contributed by atoms with Crippen LogP contribution in [0.1, 0.15) is 39.2 Å². The first kappa shape index (κ1) is 17.6. The van der Waals surface area contributed by atoms with Gasteiger partial charge in [-0.3, -0.25) is 4.98 Å². The number of hydrogen-bond acceptors (Lipinski definition) is 4. The molecule has 0 aliphatic rings. The Hall–Kier alpha value is -1.42. The van der Waals surface area contributed by atoms with E-state index in [1.54, 1.807) is 0 Å². The van der Waals surface area contributed by atoms with E-state index in [4.69, 9.17) is 5.73 Å². The minimum atomic E-state index is -3.57. The van der Waals surface area contributed by atoms with E-state index in [0.29, 0.717) is 11.5 Å². The van der Waals surface area contributed by atoms with Gasteiger partial charge >= 0.3 is 0 Å². The van der Waals surface area contributed by atoms with Gasteiger partial charge in [-0.05, 0) is 25.3 Å². The monoisotopic (exact) mass is 309 g/mol. The first-order chi connectivity index (χ1) is 9.89. The molecule has 0 saturated heterocycles. The highest BCUT2D eigenvalue weighted by molar-refractivity contribution is 7.89. The van der Waals surface area contributed by atoms with Crippen LogP contribution in [-0.4, -0.2) is 26.0 Å². The number of hydrogen-bond donors (Lipinski definition) is 2. The van der Waals surface area contributed by atoms with Crippen LogP contribution in [0, 0.1) is 17.8 Å². The van der Waals surface area contributed by atoms with E-state index in [0.717, 1.165) is 12.8 Å². The molecular formula is C15H23N3O2S. The Morgan fingerprint density at radius 3 is 2.71 bits per heavy atom. The zero-order valence-corrected chi connectivity index (χ0v) is 13.6. The lowest BCUT2D eigenvalue weighted by atomic mass is 10.0. The number of nitrogens with two attached hydrogens (primary N) is 1. The lowest BCUT2D eigenvalue weighted by molar-refractivity contribution is 0.445. The van der Waals surface area contributed by atoms with E-state index in [1.807, 2.05) is 6.92 Å². The molecular weight excluding hydrogens is 286 g/mol. The summed E-state index contributed by atoms with van der Waals surface area (Å²) in [7, 11) is -3.57. The van der Waals surface area contributed by atoms with Crippen molar-refractivity contribution in [1.82, 2.24) is 9.71 Å². The third-order valence-electron chi connectivity index (χ3n) is 3.17.